The Bertz CT molecular complexity index is 522. The van der Waals surface area contributed by atoms with E-state index in [-0.39, 0.29) is 121 Å². The van der Waals surface area contributed by atoms with Gasteiger partial charge in [0, 0.05) is 49.4 Å². The van der Waals surface area contributed by atoms with E-state index in [2.05, 4.69) is 0 Å². The molecule has 0 aliphatic heterocycles. The van der Waals surface area contributed by atoms with E-state index >= 15 is 0 Å². The highest BCUT2D eigenvalue weighted by Gasteiger charge is 2.19. The molecule has 0 aromatic carbocycles. The van der Waals surface area contributed by atoms with Crippen molar-refractivity contribution in [1.82, 2.24) is 0 Å². The molecule has 0 rings (SSSR count). The highest BCUT2D eigenvalue weighted by molar-refractivity contribution is 5.76. The first kappa shape index (κ1) is 134. The first-order valence-electron chi connectivity index (χ1n) is 10.1. The number of nitriles is 1. The molecule has 0 unspecified atom stereocenters. The van der Waals surface area contributed by atoms with Crippen molar-refractivity contribution in [2.24, 2.45) is 22.7 Å². The molecular weight excluding hydrogens is 552 g/mol. The molecule has 0 aliphatic rings. The maximum Gasteiger partial charge on any atom is 0.308 e. The Kier molecular flexibility index (Phi) is 237. The van der Waals surface area contributed by atoms with E-state index in [0.717, 1.165) is 0 Å². The number of carbonyl (C=O) groups is 4. The number of carboxylic acids is 3. The van der Waals surface area contributed by atoms with Gasteiger partial charge in [0.2, 0.25) is 0 Å². The Hall–Kier alpha value is -2.11. The van der Waals surface area contributed by atoms with Crippen LogP contribution in [0.3, 0.4) is 0 Å². The number of carbonyl (C=O) groups excluding carboxylic acids is 1. The van der Waals surface area contributed by atoms with Crippen molar-refractivity contribution in [1.29, 1.82) is 5.26 Å². The van der Waals surface area contributed by atoms with Crippen molar-refractivity contribution < 1.29 is 35.9 Å². The standard InChI is InChI=1S/2C5H10O2.C4H7N.C4H8O2.C3H6O.C2H6.8CH4.5B.H2/c2*1-5(2,3)4(6)7;1-4(2)3-5;1-3(2)4(5)6;1-3(2)4;1-2;;;;;;;;;;;;;;/h2*1-3H3,(H,6,7);4H,1-2H3;3H,1-2H3,(H,5,6);1-2H3;1-2H3;8*1H4;;;;;;1H/i;;;;;;;;;;;;;;;;;;;1+1. The molecule has 3 N–H and O–H groups in total. The summed E-state index contributed by atoms with van der Waals surface area (Å²) in [6, 6.07) is 2.03. The summed E-state index contributed by atoms with van der Waals surface area (Å²) in [5.74, 6) is -2.13. The molecule has 15 radical (unpaired) electrons. The van der Waals surface area contributed by atoms with Gasteiger partial charge < -0.3 is 20.1 Å². The van der Waals surface area contributed by atoms with Gasteiger partial charge in [0.1, 0.15) is 5.78 Å². The molecule has 0 amide bonds. The van der Waals surface area contributed by atoms with Crippen LogP contribution in [0.25, 0.3) is 0 Å². The van der Waals surface area contributed by atoms with Gasteiger partial charge in [0.25, 0.3) is 0 Å². The summed E-state index contributed by atoms with van der Waals surface area (Å²) in [4.78, 5) is 39.2. The molecule has 0 fully saturated rings. The van der Waals surface area contributed by atoms with Crippen LogP contribution in [0.4, 0.5) is 0 Å². The van der Waals surface area contributed by atoms with E-state index in [1.165, 1.54) is 13.8 Å². The minimum atomic E-state index is -0.757. The number of nitrogens with zero attached hydrogens (tertiary/aromatic N) is 1. The van der Waals surface area contributed by atoms with Crippen LogP contribution in [0.2, 0.25) is 0 Å². The van der Waals surface area contributed by atoms with E-state index in [1.54, 1.807) is 55.4 Å². The summed E-state index contributed by atoms with van der Waals surface area (Å²) in [5.41, 5.74) is -1.17. The largest absolute Gasteiger partial charge is 0.481 e. The first-order chi connectivity index (χ1) is 13.5. The Morgan fingerprint density at radius 3 is 0.636 bits per heavy atom. The summed E-state index contributed by atoms with van der Waals surface area (Å²) in [6.07, 6.45) is 0. The minimum Gasteiger partial charge on any atom is -0.481 e. The van der Waals surface area contributed by atoms with Crippen molar-refractivity contribution in [2.75, 3.05) is 0 Å². The van der Waals surface area contributed by atoms with Crippen LogP contribution in [0.1, 0.15) is 158 Å². The molecule has 13 heteroatoms. The van der Waals surface area contributed by atoms with Gasteiger partial charge in [-0.25, -0.2) is 0 Å². The molecule has 0 spiro atoms. The second-order valence-electron chi connectivity index (χ2n) is 8.80. The van der Waals surface area contributed by atoms with Crippen molar-refractivity contribution in [2.45, 2.75) is 156 Å². The molecule has 0 saturated carbocycles. The smallest absolute Gasteiger partial charge is 0.308 e. The number of aliphatic carboxylic acids is 3. The number of rotatable bonds is 1. The lowest BCUT2D eigenvalue weighted by Gasteiger charge is -2.08. The van der Waals surface area contributed by atoms with Gasteiger partial charge in [-0.3, -0.25) is 14.4 Å². The van der Waals surface area contributed by atoms with Gasteiger partial charge in [-0.1, -0.05) is 87.1 Å². The van der Waals surface area contributed by atoms with Crippen LogP contribution in [-0.4, -0.2) is 81.1 Å². The molecule has 0 saturated heterocycles. The number of hydrogen-bond donors (Lipinski definition) is 3. The Morgan fingerprint density at radius 2 is 0.636 bits per heavy atom. The van der Waals surface area contributed by atoms with Gasteiger partial charge in [0.15, 0.2) is 0 Å². The average Bonchev–Trinajstić information content (AvgIpc) is 2.55. The van der Waals surface area contributed by atoms with Crippen LogP contribution in [-0.2, 0) is 19.2 Å². The zero-order valence-electron chi connectivity index (χ0n) is 25.0. The first-order valence-corrected chi connectivity index (χ1v) is 10.1. The number of Topliss-reactive ketones (excluding diaryl/α,β-unsaturated/α-hetero) is 1. The SMILES string of the molecule is C.C.C.C.C.C.C.C.CC.CC(C)(C)C(=O)O.CC(C)(C)C(=O)O.CC(C)=O.CC(C)C#N.CC(C)C(=O)O.[2HH].[B].[B].[B].[B].[B]. The molecular formula is C31H81B5NO7. The van der Waals surface area contributed by atoms with Crippen molar-refractivity contribution in [3.8, 4) is 6.07 Å². The summed E-state index contributed by atoms with van der Waals surface area (Å²) in [5, 5.41) is 32.4. The molecule has 0 atom stereocenters. The van der Waals surface area contributed by atoms with Crippen LogP contribution < -0.4 is 0 Å². The van der Waals surface area contributed by atoms with E-state index < -0.39 is 28.7 Å². The molecule has 0 aromatic heterocycles. The topological polar surface area (TPSA) is 153 Å². The van der Waals surface area contributed by atoms with Crippen molar-refractivity contribution in [3.05, 3.63) is 0 Å². The zero-order valence-corrected chi connectivity index (χ0v) is 25.0. The molecule has 0 heterocycles. The molecule has 0 aromatic rings. The Balaban J connectivity index is -0.00000000889. The summed E-state index contributed by atoms with van der Waals surface area (Å²) < 4.78 is 0. The fraction of sp³-hybridized carbons (Fsp3) is 0.839. The van der Waals surface area contributed by atoms with E-state index in [1.807, 2.05) is 33.8 Å². The number of ketones is 1. The van der Waals surface area contributed by atoms with Crippen molar-refractivity contribution in [3.63, 3.8) is 0 Å². The molecule has 0 bridgehead atoms. The summed E-state index contributed by atoms with van der Waals surface area (Å²) in [6.45, 7) is 24.0. The predicted octanol–water partition coefficient (Wildman–Crippen LogP) is 9.18. The lowest BCUT2D eigenvalue weighted by atomic mass is 9.98. The van der Waals surface area contributed by atoms with Gasteiger partial charge in [-0.05, 0) is 69.2 Å². The molecule has 267 valence electrons. The third-order valence-electron chi connectivity index (χ3n) is 2.04. The van der Waals surface area contributed by atoms with E-state index in [4.69, 9.17) is 20.6 Å². The zero-order chi connectivity index (χ0) is 27.2. The second-order valence-corrected chi connectivity index (χ2v) is 8.80. The third kappa shape index (κ3) is 239. The maximum atomic E-state index is 10.0. The quantitative estimate of drug-likeness (QED) is 0.241. The van der Waals surface area contributed by atoms with Crippen LogP contribution in [0.15, 0.2) is 0 Å². The van der Waals surface area contributed by atoms with Gasteiger partial charge in [0.05, 0.1) is 22.8 Å². The van der Waals surface area contributed by atoms with Crippen LogP contribution in [0, 0.1) is 34.0 Å². The number of carboxylic acid groups (broad SMARTS) is 3. The number of hydrogen-bond acceptors (Lipinski definition) is 5. The van der Waals surface area contributed by atoms with Crippen LogP contribution in [0.5, 0.6) is 0 Å². The van der Waals surface area contributed by atoms with E-state index in [9.17, 15) is 19.2 Å². The second kappa shape index (κ2) is 78.0. The maximum absolute atomic E-state index is 10.0. The third-order valence-corrected chi connectivity index (χ3v) is 2.04. The molecule has 8 nitrogen and oxygen atoms in total. The molecule has 0 aliphatic carbocycles. The molecule has 44 heavy (non-hydrogen) atoms. The van der Waals surface area contributed by atoms with Gasteiger partial charge in [-0.2, -0.15) is 5.26 Å². The fourth-order valence-corrected chi connectivity index (χ4v) is 0. The normalized spacial score (nSPS) is 6.43. The Morgan fingerprint density at radius 1 is 0.568 bits per heavy atom. The average molecular weight is 635 g/mol. The van der Waals surface area contributed by atoms with Crippen LogP contribution >= 0.6 is 0 Å². The van der Waals surface area contributed by atoms with Gasteiger partial charge in [-0.15, -0.1) is 0 Å². The summed E-state index contributed by atoms with van der Waals surface area (Å²) >= 11 is 0. The van der Waals surface area contributed by atoms with E-state index in [0.29, 0.717) is 0 Å². The monoisotopic (exact) mass is 636 g/mol. The highest BCUT2D eigenvalue weighted by Crippen LogP contribution is 2.11. The minimum absolute atomic E-state index is 0. The van der Waals surface area contributed by atoms with Gasteiger partial charge >= 0.3 is 17.9 Å². The lowest BCUT2D eigenvalue weighted by molar-refractivity contribution is -0.146. The highest BCUT2D eigenvalue weighted by atomic mass is 16.4. The summed E-state index contributed by atoms with van der Waals surface area (Å²) in [7, 11) is 0. The lowest BCUT2D eigenvalue weighted by Crippen LogP contribution is -2.18. The predicted molar refractivity (Wildman–Crippen MR) is 210 cm³/mol. The van der Waals surface area contributed by atoms with Crippen molar-refractivity contribution >= 4 is 65.8 Å². The Labute approximate surface area is 291 Å². The fourth-order valence-electron chi connectivity index (χ4n) is 0.